The van der Waals surface area contributed by atoms with Crippen LogP contribution in [0.5, 0.6) is 0 Å². The monoisotopic (exact) mass is 599 g/mol. The van der Waals surface area contributed by atoms with Crippen LogP contribution < -0.4 is 5.73 Å². The van der Waals surface area contributed by atoms with Crippen molar-refractivity contribution in [1.29, 1.82) is 0 Å². The Hall–Kier alpha value is -1.32. The molecule has 0 aromatic carbocycles. The summed E-state index contributed by atoms with van der Waals surface area (Å²) in [6, 6.07) is 0. The first-order chi connectivity index (χ1) is 15.1. The molecular weight excluding hydrogens is 583 g/mol. The lowest BCUT2D eigenvalue weighted by atomic mass is 9.91. The van der Waals surface area contributed by atoms with Gasteiger partial charge >= 0.3 is 47.0 Å². The molecule has 0 rings (SSSR count). The second kappa shape index (κ2) is 8.87. The lowest BCUT2D eigenvalue weighted by molar-refractivity contribution is -0.870. The van der Waals surface area contributed by atoms with Crippen molar-refractivity contribution in [1.82, 2.24) is 0 Å². The van der Waals surface area contributed by atoms with Gasteiger partial charge in [0.15, 0.2) is 0 Å². The summed E-state index contributed by atoms with van der Waals surface area (Å²) in [7, 11) is -3.62. The number of hydrogen-bond donors (Lipinski definition) is 1. The van der Waals surface area contributed by atoms with Crippen LogP contribution >= 0.6 is 0 Å². The maximum Gasteiger partial charge on any atom is 0.460 e. The highest BCUT2D eigenvalue weighted by Crippen LogP contribution is 2.64. The SMILES string of the molecule is C[N+](C)(C)CCC(N)S(=O)(=O)C(F)(F)C(F)(F)C(F)(F)C(F)(F)C(F)(F)C(F)(F)C(F)(F)C(F)(F)F. The highest BCUT2D eigenvalue weighted by Gasteiger charge is 2.96. The van der Waals surface area contributed by atoms with Crippen LogP contribution in [0.3, 0.4) is 0 Å². The van der Waals surface area contributed by atoms with Gasteiger partial charge in [0.2, 0.25) is 9.84 Å². The van der Waals surface area contributed by atoms with Crippen LogP contribution in [0.15, 0.2) is 0 Å². The van der Waals surface area contributed by atoms with Gasteiger partial charge in [0.25, 0.3) is 0 Å². The van der Waals surface area contributed by atoms with E-state index in [9.17, 15) is 83.1 Å². The lowest BCUT2D eigenvalue weighted by Gasteiger charge is -2.42. The van der Waals surface area contributed by atoms with Gasteiger partial charge in [-0.1, -0.05) is 0 Å². The van der Waals surface area contributed by atoms with Crippen molar-refractivity contribution in [3.63, 3.8) is 0 Å². The van der Waals surface area contributed by atoms with E-state index in [0.29, 0.717) is 0 Å². The molecule has 0 fully saturated rings. The third-order valence-electron chi connectivity index (χ3n) is 4.53. The maximum atomic E-state index is 14.0. The van der Waals surface area contributed by atoms with Gasteiger partial charge in [-0.25, -0.2) is 8.42 Å². The first kappa shape index (κ1) is 34.7. The molecule has 1 atom stereocenters. The van der Waals surface area contributed by atoms with Crippen LogP contribution in [0.4, 0.5) is 74.6 Å². The van der Waals surface area contributed by atoms with Gasteiger partial charge in [-0.05, 0) is 0 Å². The quantitative estimate of drug-likeness (QED) is 0.276. The summed E-state index contributed by atoms with van der Waals surface area (Å²) in [5.41, 5.74) is 4.72. The minimum atomic E-state index is -8.85. The Morgan fingerprint density at radius 2 is 0.861 bits per heavy atom. The average Bonchev–Trinajstić information content (AvgIpc) is 2.63. The number of sulfone groups is 1. The van der Waals surface area contributed by atoms with Crippen LogP contribution in [-0.2, 0) is 9.84 Å². The van der Waals surface area contributed by atoms with Crippen LogP contribution in [0.1, 0.15) is 6.42 Å². The molecule has 4 nitrogen and oxygen atoms in total. The van der Waals surface area contributed by atoms with Crippen molar-refractivity contribution in [2.24, 2.45) is 5.73 Å². The normalized spacial score (nSPS) is 17.4. The number of nitrogens with zero attached hydrogens (tertiary/aromatic N) is 1. The Balaban J connectivity index is 6.85. The van der Waals surface area contributed by atoms with E-state index in [2.05, 4.69) is 0 Å². The molecule has 22 heteroatoms. The third kappa shape index (κ3) is 4.80. The fourth-order valence-corrected chi connectivity index (χ4v) is 3.47. The molecule has 0 aromatic heterocycles. The summed E-state index contributed by atoms with van der Waals surface area (Å²) in [6.45, 7) is -0.606. The summed E-state index contributed by atoms with van der Waals surface area (Å²) in [4.78, 5) is 0. The molecule has 0 spiro atoms. The molecular formula is C14H16F17N2O2S+. The molecule has 0 bridgehead atoms. The topological polar surface area (TPSA) is 60.2 Å². The molecule has 0 heterocycles. The fraction of sp³-hybridized carbons (Fsp3) is 1.00. The second-order valence-corrected chi connectivity index (χ2v) is 10.6. The summed E-state index contributed by atoms with van der Waals surface area (Å²) in [5, 5.41) is -10.9. The molecule has 2 N–H and O–H groups in total. The molecule has 0 amide bonds. The van der Waals surface area contributed by atoms with E-state index >= 15 is 0 Å². The predicted octanol–water partition coefficient (Wildman–Crippen LogP) is 4.75. The van der Waals surface area contributed by atoms with E-state index in [0.717, 1.165) is 0 Å². The lowest BCUT2D eigenvalue weighted by Crippen LogP contribution is -2.75. The van der Waals surface area contributed by atoms with Gasteiger partial charge in [-0.3, -0.25) is 0 Å². The third-order valence-corrected chi connectivity index (χ3v) is 6.54. The van der Waals surface area contributed by atoms with Gasteiger partial charge < -0.3 is 10.2 Å². The zero-order valence-corrected chi connectivity index (χ0v) is 18.5. The van der Waals surface area contributed by atoms with E-state index in [1.54, 1.807) is 0 Å². The van der Waals surface area contributed by atoms with Gasteiger partial charge in [-0.15, -0.1) is 0 Å². The van der Waals surface area contributed by atoms with Crippen molar-refractivity contribution in [2.75, 3.05) is 27.7 Å². The van der Waals surface area contributed by atoms with E-state index < -0.39 is 75.1 Å². The van der Waals surface area contributed by atoms with E-state index in [-0.39, 0.29) is 4.48 Å². The largest absolute Gasteiger partial charge is 0.460 e. The van der Waals surface area contributed by atoms with E-state index in [4.69, 9.17) is 5.73 Å². The maximum absolute atomic E-state index is 14.0. The predicted molar refractivity (Wildman–Crippen MR) is 85.1 cm³/mol. The summed E-state index contributed by atoms with van der Waals surface area (Å²) >= 11 is 0. The minimum absolute atomic E-state index is 0.353. The Bertz CT molecular complexity index is 905. The van der Waals surface area contributed by atoms with Crippen LogP contribution in [-0.4, -0.2) is 92.9 Å². The van der Waals surface area contributed by atoms with Gasteiger partial charge in [-0.2, -0.15) is 74.6 Å². The van der Waals surface area contributed by atoms with Crippen LogP contribution in [0, 0.1) is 0 Å². The average molecular weight is 599 g/mol. The van der Waals surface area contributed by atoms with E-state index in [1.807, 2.05) is 0 Å². The smallest absolute Gasteiger partial charge is 0.331 e. The van der Waals surface area contributed by atoms with Crippen LogP contribution in [0.25, 0.3) is 0 Å². The zero-order valence-electron chi connectivity index (χ0n) is 17.7. The molecule has 36 heavy (non-hydrogen) atoms. The Labute approximate surface area is 190 Å². The summed E-state index contributed by atoms with van der Waals surface area (Å²) < 4.78 is 248. The highest BCUT2D eigenvalue weighted by molar-refractivity contribution is 7.93. The van der Waals surface area contributed by atoms with Crippen molar-refractivity contribution < 1.29 is 87.5 Å². The first-order valence-electron chi connectivity index (χ1n) is 8.64. The van der Waals surface area contributed by atoms with Gasteiger partial charge in [0, 0.05) is 6.42 Å². The first-order valence-corrected chi connectivity index (χ1v) is 10.2. The molecule has 1 unspecified atom stereocenters. The Morgan fingerprint density at radius 1 is 0.583 bits per heavy atom. The minimum Gasteiger partial charge on any atom is -0.331 e. The molecule has 0 aliphatic rings. The van der Waals surface area contributed by atoms with Crippen LogP contribution in [0.2, 0.25) is 0 Å². The molecule has 0 aromatic rings. The van der Waals surface area contributed by atoms with Gasteiger partial charge in [0.05, 0.1) is 27.7 Å². The number of rotatable bonds is 11. The molecule has 0 aliphatic heterocycles. The molecule has 0 aliphatic carbocycles. The second-order valence-electron chi connectivity index (χ2n) is 8.35. The standard InChI is InChI=1S/C14H16F17N2O2S/c1-33(2,3)5-4-6(32)36(34,35)14(30,31)12(25,26)10(21,22)8(17,18)7(15,16)9(19,20)11(23,24)13(27,28)29/h6H,4-5,32H2,1-3H3/q+1. The van der Waals surface area contributed by atoms with E-state index in [1.165, 1.54) is 21.1 Å². The molecule has 0 radical (unpaired) electrons. The highest BCUT2D eigenvalue weighted by atomic mass is 32.2. The number of nitrogens with two attached hydrogens (primary N) is 1. The Kier molecular flexibility index (Phi) is 8.54. The van der Waals surface area contributed by atoms with Crippen molar-refractivity contribution in [3.8, 4) is 0 Å². The van der Waals surface area contributed by atoms with Crippen molar-refractivity contribution >= 4 is 9.84 Å². The number of alkyl halides is 17. The van der Waals surface area contributed by atoms with Gasteiger partial charge in [0.1, 0.15) is 5.37 Å². The molecule has 0 saturated heterocycles. The molecule has 0 saturated carbocycles. The zero-order chi connectivity index (χ0) is 30.0. The van der Waals surface area contributed by atoms with Crippen molar-refractivity contribution in [3.05, 3.63) is 0 Å². The Morgan fingerprint density at radius 3 is 1.14 bits per heavy atom. The number of hydrogen-bond acceptors (Lipinski definition) is 3. The fourth-order valence-electron chi connectivity index (χ4n) is 2.19. The number of halogens is 17. The molecule has 218 valence electrons. The summed E-state index contributed by atoms with van der Waals surface area (Å²) in [6.07, 6.45) is -9.16. The van der Waals surface area contributed by atoms with Crippen molar-refractivity contribution in [2.45, 2.75) is 58.8 Å². The number of quaternary nitrogens is 1. The summed E-state index contributed by atoms with van der Waals surface area (Å²) in [5.74, 6) is -51.7.